The first kappa shape index (κ1) is 16.9. The molecule has 1 heterocycles. The van der Waals surface area contributed by atoms with E-state index in [1.54, 1.807) is 22.8 Å². The maximum absolute atomic E-state index is 12.5. The number of rotatable bonds is 5. The molecule has 0 saturated carbocycles. The quantitative estimate of drug-likeness (QED) is 0.759. The SMILES string of the molecule is CCn1c(=O)sc2cc(S(=O)(=O)NCc3ccccc3C)ccc21. The molecule has 7 heteroatoms. The first-order valence-corrected chi connectivity index (χ1v) is 9.90. The third kappa shape index (κ3) is 3.15. The lowest BCUT2D eigenvalue weighted by atomic mass is 10.1. The van der Waals surface area contributed by atoms with Gasteiger partial charge in [-0.2, -0.15) is 0 Å². The summed E-state index contributed by atoms with van der Waals surface area (Å²) in [5, 5.41) is 0. The Morgan fingerprint density at radius 1 is 1.17 bits per heavy atom. The van der Waals surface area contributed by atoms with Crippen LogP contribution in [-0.2, 0) is 23.1 Å². The maximum atomic E-state index is 12.5. The second-order valence-corrected chi connectivity index (χ2v) is 8.25. The summed E-state index contributed by atoms with van der Waals surface area (Å²) in [6.07, 6.45) is 0. The normalized spacial score (nSPS) is 11.9. The highest BCUT2D eigenvalue weighted by atomic mass is 32.2. The van der Waals surface area contributed by atoms with Crippen molar-refractivity contribution in [3.8, 4) is 0 Å². The van der Waals surface area contributed by atoms with Gasteiger partial charge < -0.3 is 0 Å². The molecule has 1 aromatic heterocycles. The molecule has 0 radical (unpaired) electrons. The molecular weight excluding hydrogens is 344 g/mol. The smallest absolute Gasteiger partial charge is 0.299 e. The number of benzene rings is 2. The van der Waals surface area contributed by atoms with E-state index in [0.717, 1.165) is 28.0 Å². The van der Waals surface area contributed by atoms with Crippen LogP contribution in [0.3, 0.4) is 0 Å². The summed E-state index contributed by atoms with van der Waals surface area (Å²) >= 11 is 1.07. The molecule has 24 heavy (non-hydrogen) atoms. The Morgan fingerprint density at radius 2 is 1.92 bits per heavy atom. The first-order chi connectivity index (χ1) is 11.4. The molecule has 2 aromatic carbocycles. The van der Waals surface area contributed by atoms with Crippen LogP contribution >= 0.6 is 11.3 Å². The van der Waals surface area contributed by atoms with E-state index in [9.17, 15) is 13.2 Å². The number of aromatic nitrogens is 1. The van der Waals surface area contributed by atoms with Gasteiger partial charge >= 0.3 is 4.87 Å². The van der Waals surface area contributed by atoms with Crippen molar-refractivity contribution in [1.82, 2.24) is 9.29 Å². The number of aryl methyl sites for hydroxylation is 2. The highest BCUT2D eigenvalue weighted by Gasteiger charge is 2.16. The van der Waals surface area contributed by atoms with Gasteiger partial charge in [0.15, 0.2) is 0 Å². The van der Waals surface area contributed by atoms with Gasteiger partial charge in [0.2, 0.25) is 10.0 Å². The van der Waals surface area contributed by atoms with Gasteiger partial charge in [0.05, 0.1) is 15.1 Å². The summed E-state index contributed by atoms with van der Waals surface area (Å²) in [6.45, 7) is 4.64. The Morgan fingerprint density at radius 3 is 2.62 bits per heavy atom. The minimum absolute atomic E-state index is 0.0742. The molecule has 0 aliphatic carbocycles. The van der Waals surface area contributed by atoms with Crippen molar-refractivity contribution in [3.05, 3.63) is 63.3 Å². The van der Waals surface area contributed by atoms with Gasteiger partial charge in [0, 0.05) is 13.1 Å². The second kappa shape index (κ2) is 6.51. The van der Waals surface area contributed by atoms with E-state index in [1.165, 1.54) is 0 Å². The average Bonchev–Trinajstić information content (AvgIpc) is 2.88. The third-order valence-corrected chi connectivity index (χ3v) is 6.32. The number of hydrogen-bond donors (Lipinski definition) is 1. The standard InChI is InChI=1S/C17H18N2O3S2/c1-3-19-15-9-8-14(10-16(15)23-17(19)20)24(21,22)18-11-13-7-5-4-6-12(13)2/h4-10,18H,3,11H2,1-2H3. The molecule has 0 aliphatic heterocycles. The highest BCUT2D eigenvalue weighted by molar-refractivity contribution is 7.89. The molecule has 0 bridgehead atoms. The van der Waals surface area contributed by atoms with Gasteiger partial charge in [-0.1, -0.05) is 35.6 Å². The van der Waals surface area contributed by atoms with Gasteiger partial charge in [-0.25, -0.2) is 13.1 Å². The average molecular weight is 362 g/mol. The summed E-state index contributed by atoms with van der Waals surface area (Å²) in [6, 6.07) is 12.4. The molecule has 1 N–H and O–H groups in total. The lowest BCUT2D eigenvalue weighted by Crippen LogP contribution is -2.23. The van der Waals surface area contributed by atoms with Crippen molar-refractivity contribution in [2.75, 3.05) is 0 Å². The number of hydrogen-bond acceptors (Lipinski definition) is 4. The summed E-state index contributed by atoms with van der Waals surface area (Å²) in [4.78, 5) is 12.0. The van der Waals surface area contributed by atoms with Crippen LogP contribution in [0.5, 0.6) is 0 Å². The number of nitrogens with one attached hydrogen (secondary N) is 1. The van der Waals surface area contributed by atoms with Gasteiger partial charge in [0.25, 0.3) is 0 Å². The zero-order valence-corrected chi connectivity index (χ0v) is 15.1. The Balaban J connectivity index is 1.91. The van der Waals surface area contributed by atoms with Gasteiger partial charge in [0.1, 0.15) is 0 Å². The second-order valence-electron chi connectivity index (χ2n) is 5.49. The molecule has 5 nitrogen and oxygen atoms in total. The summed E-state index contributed by atoms with van der Waals surface area (Å²) < 4.78 is 30.0. The third-order valence-electron chi connectivity index (χ3n) is 3.98. The fraction of sp³-hybridized carbons (Fsp3) is 0.235. The largest absolute Gasteiger partial charge is 0.308 e. The number of sulfonamides is 1. The fourth-order valence-corrected chi connectivity index (χ4v) is 4.68. The Hall–Kier alpha value is -1.96. The number of fused-ring (bicyclic) bond motifs is 1. The Kier molecular flexibility index (Phi) is 4.58. The summed E-state index contributed by atoms with van der Waals surface area (Å²) in [5.41, 5.74) is 2.74. The van der Waals surface area contributed by atoms with Crippen molar-refractivity contribution in [1.29, 1.82) is 0 Å². The van der Waals surface area contributed by atoms with Crippen LogP contribution in [0, 0.1) is 6.92 Å². The topological polar surface area (TPSA) is 68.2 Å². The van der Waals surface area contributed by atoms with Crippen LogP contribution in [0.1, 0.15) is 18.1 Å². The molecule has 3 rings (SSSR count). The van der Waals surface area contributed by atoms with E-state index in [2.05, 4.69) is 4.72 Å². The van der Waals surface area contributed by atoms with Crippen molar-refractivity contribution >= 4 is 31.6 Å². The molecule has 126 valence electrons. The number of nitrogens with zero attached hydrogens (tertiary/aromatic N) is 1. The Bertz CT molecular complexity index is 1050. The van der Waals surface area contributed by atoms with Crippen molar-refractivity contribution < 1.29 is 8.42 Å². The lowest BCUT2D eigenvalue weighted by Gasteiger charge is -2.09. The molecular formula is C17H18N2O3S2. The van der Waals surface area contributed by atoms with E-state index >= 15 is 0 Å². The number of thiazole rings is 1. The van der Waals surface area contributed by atoms with E-state index < -0.39 is 10.0 Å². The molecule has 0 fully saturated rings. The van der Waals surface area contributed by atoms with Crippen LogP contribution in [0.2, 0.25) is 0 Å². The van der Waals surface area contributed by atoms with E-state index in [-0.39, 0.29) is 16.3 Å². The van der Waals surface area contributed by atoms with Crippen molar-refractivity contribution in [3.63, 3.8) is 0 Å². The minimum Gasteiger partial charge on any atom is -0.299 e. The van der Waals surface area contributed by atoms with Gasteiger partial charge in [-0.05, 0) is 43.2 Å². The molecule has 0 unspecified atom stereocenters. The van der Waals surface area contributed by atoms with Crippen molar-refractivity contribution in [2.45, 2.75) is 31.8 Å². The van der Waals surface area contributed by atoms with Crippen LogP contribution in [-0.4, -0.2) is 13.0 Å². The first-order valence-electron chi connectivity index (χ1n) is 7.60. The summed E-state index contributed by atoms with van der Waals surface area (Å²) in [5.74, 6) is 0. The monoisotopic (exact) mass is 362 g/mol. The van der Waals surface area contributed by atoms with Gasteiger partial charge in [-0.3, -0.25) is 9.36 Å². The zero-order valence-electron chi connectivity index (χ0n) is 13.4. The molecule has 3 aromatic rings. The van der Waals surface area contributed by atoms with E-state index in [4.69, 9.17) is 0 Å². The predicted molar refractivity (Wildman–Crippen MR) is 97.0 cm³/mol. The maximum Gasteiger partial charge on any atom is 0.308 e. The molecule has 0 spiro atoms. The zero-order chi connectivity index (χ0) is 17.3. The van der Waals surface area contributed by atoms with Crippen LogP contribution in [0.4, 0.5) is 0 Å². The lowest BCUT2D eigenvalue weighted by molar-refractivity contribution is 0.581. The minimum atomic E-state index is -3.63. The van der Waals surface area contributed by atoms with E-state index in [0.29, 0.717) is 11.2 Å². The Labute approximate surface area is 144 Å². The molecule has 0 atom stereocenters. The fourth-order valence-electron chi connectivity index (χ4n) is 2.58. The van der Waals surface area contributed by atoms with Gasteiger partial charge in [-0.15, -0.1) is 0 Å². The highest BCUT2D eigenvalue weighted by Crippen LogP contribution is 2.22. The predicted octanol–water partition coefficient (Wildman–Crippen LogP) is 2.87. The van der Waals surface area contributed by atoms with Crippen LogP contribution < -0.4 is 9.60 Å². The molecule has 0 aliphatic rings. The van der Waals surface area contributed by atoms with Crippen molar-refractivity contribution in [2.24, 2.45) is 0 Å². The van der Waals surface area contributed by atoms with Crippen LogP contribution in [0.25, 0.3) is 10.2 Å². The molecule has 0 amide bonds. The van der Waals surface area contributed by atoms with E-state index in [1.807, 2.05) is 38.1 Å². The van der Waals surface area contributed by atoms with Crippen LogP contribution in [0.15, 0.2) is 52.2 Å². The summed E-state index contributed by atoms with van der Waals surface area (Å²) in [7, 11) is -3.63. The molecule has 0 saturated heterocycles.